The molecule has 4 aromatic rings. The summed E-state index contributed by atoms with van der Waals surface area (Å²) in [6.07, 6.45) is 3.40. The second-order valence-electron chi connectivity index (χ2n) is 11.5. The number of amides is 2. The van der Waals surface area contributed by atoms with Crippen LogP contribution in [0.15, 0.2) is 68.4 Å². The molecule has 0 saturated carbocycles. The fraction of sp³-hybridized carbons (Fsp3) is 0.333. The van der Waals surface area contributed by atoms with E-state index in [2.05, 4.69) is 29.7 Å². The Morgan fingerprint density at radius 2 is 1.16 bits per heavy atom. The monoisotopic (exact) mass is 758 g/mol. The first-order valence-electron chi connectivity index (χ1n) is 15.7. The molecular formula is C33H37Cl2FN10O2S2. The molecule has 2 saturated heterocycles. The van der Waals surface area contributed by atoms with Gasteiger partial charge in [-0.1, -0.05) is 46.7 Å². The molecule has 0 atom stereocenters. The molecule has 6 rings (SSSR count). The lowest BCUT2D eigenvalue weighted by atomic mass is 10.2. The summed E-state index contributed by atoms with van der Waals surface area (Å²) in [5.74, 6) is 1.72. The number of halogens is 3. The molecule has 12 nitrogen and oxygen atoms in total. The molecule has 2 amide bonds. The predicted molar refractivity (Wildman–Crippen MR) is 198 cm³/mol. The normalized spacial score (nSPS) is 14.7. The minimum Gasteiger partial charge on any atom is -0.368 e. The van der Waals surface area contributed by atoms with Gasteiger partial charge in [0.05, 0.1) is 14.8 Å². The standard InChI is InChI=1S/C17H20ClN5OS.C16H17ClFN5OS/c1-11-9-13(18)3-4-14(11)25-15-10-20-17(19)21-16(15)23-7-5-22(6-8-23)12(2)24;1-10(24)22-4-6-23(7-5-22)15-14(9-20-16(19)21-15)25-13-3-2-11(18)8-12(13)17/h3-4,9-10H,5-8H2,1-2H3,(H2,19,20,21);2-3,8-9H,4-7H2,1H3,(H2,19,20,21). The van der Waals surface area contributed by atoms with Crippen LogP contribution in [0.4, 0.5) is 27.9 Å². The number of hydrogen-bond donors (Lipinski definition) is 2. The fourth-order valence-electron chi connectivity index (χ4n) is 5.34. The van der Waals surface area contributed by atoms with Gasteiger partial charge < -0.3 is 31.1 Å². The highest BCUT2D eigenvalue weighted by Crippen LogP contribution is 2.39. The molecule has 264 valence electrons. The highest BCUT2D eigenvalue weighted by Gasteiger charge is 2.24. The SMILES string of the molecule is CC(=O)N1CCN(c2nc(N)ncc2Sc2ccc(Cl)cc2C)CC1.CC(=O)N1CCN(c2nc(N)ncc2Sc2ccc(F)cc2Cl)CC1. The van der Waals surface area contributed by atoms with Crippen molar-refractivity contribution in [3.8, 4) is 0 Å². The molecule has 2 aromatic carbocycles. The molecule has 0 aliphatic carbocycles. The molecule has 0 unspecified atom stereocenters. The number of anilines is 4. The van der Waals surface area contributed by atoms with Crippen LogP contribution < -0.4 is 21.3 Å². The zero-order valence-corrected chi connectivity index (χ0v) is 30.9. The minimum atomic E-state index is -0.386. The van der Waals surface area contributed by atoms with E-state index in [0.29, 0.717) is 55.0 Å². The van der Waals surface area contributed by atoms with Crippen LogP contribution in [0.25, 0.3) is 0 Å². The first-order chi connectivity index (χ1) is 23.9. The van der Waals surface area contributed by atoms with E-state index >= 15 is 0 Å². The van der Waals surface area contributed by atoms with Crippen molar-refractivity contribution in [2.24, 2.45) is 0 Å². The highest BCUT2D eigenvalue weighted by atomic mass is 35.5. The van der Waals surface area contributed by atoms with E-state index in [1.54, 1.807) is 49.0 Å². The average Bonchev–Trinajstić information content (AvgIpc) is 3.09. The second kappa shape index (κ2) is 16.8. The van der Waals surface area contributed by atoms with E-state index in [1.807, 2.05) is 30.0 Å². The van der Waals surface area contributed by atoms with Gasteiger partial charge in [0, 0.05) is 93.4 Å². The molecule has 4 N–H and O–H groups in total. The molecule has 2 fully saturated rings. The van der Waals surface area contributed by atoms with Gasteiger partial charge in [-0.05, 0) is 48.9 Å². The van der Waals surface area contributed by atoms with Crippen molar-refractivity contribution < 1.29 is 14.0 Å². The Kier molecular flexibility index (Phi) is 12.5. The van der Waals surface area contributed by atoms with E-state index in [0.717, 1.165) is 44.2 Å². The van der Waals surface area contributed by atoms with Crippen molar-refractivity contribution in [3.05, 3.63) is 70.2 Å². The van der Waals surface area contributed by atoms with Crippen molar-refractivity contribution in [3.63, 3.8) is 0 Å². The Balaban J connectivity index is 0.000000194. The maximum absolute atomic E-state index is 13.2. The summed E-state index contributed by atoms with van der Waals surface area (Å²) in [5, 5.41) is 1.05. The minimum absolute atomic E-state index is 0.0644. The summed E-state index contributed by atoms with van der Waals surface area (Å²) >= 11 is 15.1. The number of carbonyl (C=O) groups excluding carboxylic acids is 2. The number of rotatable bonds is 6. The van der Waals surface area contributed by atoms with Crippen molar-refractivity contribution >= 4 is 82.1 Å². The van der Waals surface area contributed by atoms with E-state index in [1.165, 1.54) is 23.9 Å². The summed E-state index contributed by atoms with van der Waals surface area (Å²) in [5.41, 5.74) is 12.7. The van der Waals surface area contributed by atoms with Crippen LogP contribution in [0.3, 0.4) is 0 Å². The highest BCUT2D eigenvalue weighted by molar-refractivity contribution is 7.99. The number of hydrogen-bond acceptors (Lipinski definition) is 12. The van der Waals surface area contributed by atoms with Crippen LogP contribution in [-0.4, -0.2) is 93.9 Å². The Hall–Kier alpha value is -4.05. The van der Waals surface area contributed by atoms with Gasteiger partial charge in [-0.2, -0.15) is 9.97 Å². The van der Waals surface area contributed by atoms with Crippen LogP contribution in [0.2, 0.25) is 10.0 Å². The number of nitrogens with zero attached hydrogens (tertiary/aromatic N) is 8. The van der Waals surface area contributed by atoms with Gasteiger partial charge >= 0.3 is 0 Å². The third kappa shape index (κ3) is 9.59. The van der Waals surface area contributed by atoms with Gasteiger partial charge in [0.15, 0.2) is 0 Å². The van der Waals surface area contributed by atoms with Crippen LogP contribution in [0.1, 0.15) is 19.4 Å². The van der Waals surface area contributed by atoms with Crippen molar-refractivity contribution in [2.75, 3.05) is 73.6 Å². The number of nitrogen functional groups attached to an aromatic ring is 2. The average molecular weight is 760 g/mol. The largest absolute Gasteiger partial charge is 0.368 e. The molecular weight excluding hydrogens is 722 g/mol. The summed E-state index contributed by atoms with van der Waals surface area (Å²) in [6.45, 7) is 10.6. The Morgan fingerprint density at radius 3 is 1.60 bits per heavy atom. The quantitative estimate of drug-likeness (QED) is 0.255. The summed E-state index contributed by atoms with van der Waals surface area (Å²) in [6, 6.07) is 10.1. The van der Waals surface area contributed by atoms with Gasteiger partial charge in [-0.15, -0.1) is 0 Å². The predicted octanol–water partition coefficient (Wildman–Crippen LogP) is 5.51. The zero-order valence-electron chi connectivity index (χ0n) is 27.8. The molecule has 0 radical (unpaired) electrons. The molecule has 2 aromatic heterocycles. The van der Waals surface area contributed by atoms with Crippen LogP contribution >= 0.6 is 46.7 Å². The number of nitrogens with two attached hydrogens (primary N) is 2. The first-order valence-corrected chi connectivity index (χ1v) is 18.1. The molecule has 4 heterocycles. The second-order valence-corrected chi connectivity index (χ2v) is 14.5. The van der Waals surface area contributed by atoms with Gasteiger partial charge in [0.2, 0.25) is 23.7 Å². The topological polar surface area (TPSA) is 151 Å². The third-order valence-corrected chi connectivity index (χ3v) is 11.0. The van der Waals surface area contributed by atoms with Crippen LogP contribution in [0, 0.1) is 12.7 Å². The molecule has 50 heavy (non-hydrogen) atoms. The van der Waals surface area contributed by atoms with Crippen molar-refractivity contribution in [2.45, 2.75) is 40.4 Å². The third-order valence-electron chi connectivity index (χ3n) is 8.03. The maximum atomic E-state index is 13.2. The number of carbonyl (C=O) groups is 2. The zero-order chi connectivity index (χ0) is 35.9. The molecule has 0 spiro atoms. The number of aromatic nitrogens is 4. The van der Waals surface area contributed by atoms with E-state index in [-0.39, 0.29) is 29.5 Å². The number of piperazine rings is 2. The number of benzene rings is 2. The summed E-state index contributed by atoms with van der Waals surface area (Å²) in [4.78, 5) is 51.4. The van der Waals surface area contributed by atoms with Gasteiger partial charge in [0.25, 0.3) is 0 Å². The smallest absolute Gasteiger partial charge is 0.222 e. The van der Waals surface area contributed by atoms with Crippen LogP contribution in [0.5, 0.6) is 0 Å². The van der Waals surface area contributed by atoms with E-state index in [9.17, 15) is 14.0 Å². The Labute approximate surface area is 308 Å². The van der Waals surface area contributed by atoms with Crippen molar-refractivity contribution in [1.29, 1.82) is 0 Å². The lowest BCUT2D eigenvalue weighted by Crippen LogP contribution is -2.48. The van der Waals surface area contributed by atoms with Gasteiger partial charge in [-0.3, -0.25) is 9.59 Å². The fourth-order valence-corrected chi connectivity index (χ4v) is 7.71. The Morgan fingerprint density at radius 1 is 0.700 bits per heavy atom. The van der Waals surface area contributed by atoms with Crippen molar-refractivity contribution in [1.82, 2.24) is 29.7 Å². The first kappa shape index (κ1) is 37.2. The maximum Gasteiger partial charge on any atom is 0.222 e. The van der Waals surface area contributed by atoms with Gasteiger partial charge in [0.1, 0.15) is 17.5 Å². The number of aryl methyl sites for hydroxylation is 1. The lowest BCUT2D eigenvalue weighted by molar-refractivity contribution is -0.129. The lowest BCUT2D eigenvalue weighted by Gasteiger charge is -2.35. The molecule has 17 heteroatoms. The Bertz CT molecular complexity index is 1720. The summed E-state index contributed by atoms with van der Waals surface area (Å²) in [7, 11) is 0. The van der Waals surface area contributed by atoms with E-state index < -0.39 is 0 Å². The van der Waals surface area contributed by atoms with E-state index in [4.69, 9.17) is 34.7 Å². The molecule has 0 bridgehead atoms. The summed E-state index contributed by atoms with van der Waals surface area (Å²) < 4.78 is 13.2. The molecule has 2 aliphatic rings. The molecule has 2 aliphatic heterocycles. The van der Waals surface area contributed by atoms with Gasteiger partial charge in [-0.25, -0.2) is 14.4 Å². The van der Waals surface area contributed by atoms with Crippen LogP contribution in [-0.2, 0) is 9.59 Å².